The van der Waals surface area contributed by atoms with Crippen LogP contribution >= 0.6 is 0 Å². The minimum Gasteiger partial charge on any atom is -0.374 e. The highest BCUT2D eigenvalue weighted by Gasteiger charge is 2.30. The summed E-state index contributed by atoms with van der Waals surface area (Å²) in [5.41, 5.74) is 1.32. The van der Waals surface area contributed by atoms with Gasteiger partial charge in [-0.1, -0.05) is 19.1 Å². The van der Waals surface area contributed by atoms with Gasteiger partial charge in [0.2, 0.25) is 0 Å². The molecule has 1 aromatic rings. The van der Waals surface area contributed by atoms with Crippen LogP contribution in [-0.2, 0) is 11.2 Å². The van der Waals surface area contributed by atoms with Gasteiger partial charge < -0.3 is 4.74 Å². The first-order chi connectivity index (χ1) is 8.19. The number of hydrogen-bond acceptors (Lipinski definition) is 1. The largest absolute Gasteiger partial charge is 0.374 e. The molecule has 0 amide bonds. The zero-order chi connectivity index (χ0) is 12.4. The van der Waals surface area contributed by atoms with Crippen LogP contribution in [-0.4, -0.2) is 12.7 Å². The van der Waals surface area contributed by atoms with Crippen molar-refractivity contribution in [3.63, 3.8) is 0 Å². The number of ether oxygens (including phenoxy) is 1. The first-order valence-electron chi connectivity index (χ1n) is 5.90. The summed E-state index contributed by atoms with van der Waals surface area (Å²) in [6, 6.07) is 2.87. The van der Waals surface area contributed by atoms with Crippen LogP contribution in [0.2, 0.25) is 0 Å². The van der Waals surface area contributed by atoms with E-state index >= 15 is 0 Å². The second-order valence-electron chi connectivity index (χ2n) is 4.25. The molecule has 1 unspecified atom stereocenters. The van der Waals surface area contributed by atoms with Gasteiger partial charge in [-0.05, 0) is 30.0 Å². The monoisotopic (exact) mass is 238 g/mol. The lowest BCUT2D eigenvalue weighted by Crippen LogP contribution is -2.14. The Morgan fingerprint density at radius 3 is 2.88 bits per heavy atom. The summed E-state index contributed by atoms with van der Waals surface area (Å²) < 4.78 is 32.4. The van der Waals surface area contributed by atoms with E-state index in [-0.39, 0.29) is 12.0 Å². The van der Waals surface area contributed by atoms with E-state index in [1.165, 1.54) is 6.07 Å². The molecule has 0 saturated carbocycles. The molecule has 2 atom stereocenters. The minimum absolute atomic E-state index is 0.0924. The zero-order valence-electron chi connectivity index (χ0n) is 9.88. The van der Waals surface area contributed by atoms with Crippen LogP contribution in [0.15, 0.2) is 24.8 Å². The molecule has 1 aromatic carbocycles. The summed E-state index contributed by atoms with van der Waals surface area (Å²) >= 11 is 0. The topological polar surface area (TPSA) is 9.23 Å². The molecule has 2 rings (SSSR count). The fourth-order valence-corrected chi connectivity index (χ4v) is 2.49. The van der Waals surface area contributed by atoms with Gasteiger partial charge in [-0.25, -0.2) is 8.78 Å². The van der Waals surface area contributed by atoms with Crippen molar-refractivity contribution in [2.75, 3.05) is 6.61 Å². The predicted octanol–water partition coefficient (Wildman–Crippen LogP) is 3.59. The maximum Gasteiger partial charge on any atom is 0.162 e. The summed E-state index contributed by atoms with van der Waals surface area (Å²) in [7, 11) is 0. The highest BCUT2D eigenvalue weighted by Crippen LogP contribution is 2.35. The molecule has 0 radical (unpaired) electrons. The molecule has 3 heteroatoms. The molecule has 1 fully saturated rings. The highest BCUT2D eigenvalue weighted by atomic mass is 19.2. The van der Waals surface area contributed by atoms with Gasteiger partial charge in [-0.3, -0.25) is 0 Å². The third-order valence-corrected chi connectivity index (χ3v) is 3.35. The van der Waals surface area contributed by atoms with Crippen LogP contribution in [0.1, 0.15) is 30.4 Å². The van der Waals surface area contributed by atoms with E-state index in [0.29, 0.717) is 18.6 Å². The van der Waals surface area contributed by atoms with Gasteiger partial charge in [-0.2, -0.15) is 0 Å². The Hall–Kier alpha value is -1.22. The summed E-state index contributed by atoms with van der Waals surface area (Å²) in [6.45, 7) is 6.20. The second-order valence-corrected chi connectivity index (χ2v) is 4.25. The molecule has 0 aliphatic carbocycles. The smallest absolute Gasteiger partial charge is 0.162 e. The molecule has 1 aliphatic rings. The summed E-state index contributed by atoms with van der Waals surface area (Å²) in [6.07, 6.45) is 2.96. The SMILES string of the molecule is C=CC1OCC[C@H]1c1ccc(F)c(F)c1CC. The Morgan fingerprint density at radius 1 is 1.47 bits per heavy atom. The average Bonchev–Trinajstić information content (AvgIpc) is 2.80. The van der Waals surface area contributed by atoms with E-state index in [1.807, 2.05) is 6.92 Å². The molecule has 0 aromatic heterocycles. The maximum absolute atomic E-state index is 13.7. The van der Waals surface area contributed by atoms with E-state index in [9.17, 15) is 8.78 Å². The lowest BCUT2D eigenvalue weighted by Gasteiger charge is -2.19. The lowest BCUT2D eigenvalue weighted by atomic mass is 9.87. The molecular formula is C14H16F2O. The van der Waals surface area contributed by atoms with Crippen LogP contribution in [0.3, 0.4) is 0 Å². The summed E-state index contributed by atoms with van der Waals surface area (Å²) in [5.74, 6) is -1.41. The Balaban J connectivity index is 2.44. The van der Waals surface area contributed by atoms with Crippen LogP contribution < -0.4 is 0 Å². The maximum atomic E-state index is 13.7. The van der Waals surface area contributed by atoms with Crippen molar-refractivity contribution in [1.29, 1.82) is 0 Å². The fourth-order valence-electron chi connectivity index (χ4n) is 2.49. The molecule has 0 spiro atoms. The van der Waals surface area contributed by atoms with Gasteiger partial charge in [0, 0.05) is 12.5 Å². The van der Waals surface area contributed by atoms with Crippen molar-refractivity contribution in [2.45, 2.75) is 31.8 Å². The standard InChI is InChI=1S/C14H16F2O/c1-3-9-10(5-6-12(15)14(9)16)11-7-8-17-13(11)4-2/h4-6,11,13H,2-3,7-8H2,1H3/t11-,13?/m0/s1. The zero-order valence-corrected chi connectivity index (χ0v) is 9.88. The van der Waals surface area contributed by atoms with Crippen LogP contribution in [0.5, 0.6) is 0 Å². The molecule has 17 heavy (non-hydrogen) atoms. The van der Waals surface area contributed by atoms with Crippen molar-refractivity contribution in [3.8, 4) is 0 Å². The van der Waals surface area contributed by atoms with Gasteiger partial charge >= 0.3 is 0 Å². The normalized spacial score (nSPS) is 23.9. The lowest BCUT2D eigenvalue weighted by molar-refractivity contribution is 0.139. The van der Waals surface area contributed by atoms with Crippen LogP contribution in [0.4, 0.5) is 8.78 Å². The minimum atomic E-state index is -0.778. The number of rotatable bonds is 3. The predicted molar refractivity (Wildman–Crippen MR) is 63.0 cm³/mol. The molecule has 1 nitrogen and oxygen atoms in total. The highest BCUT2D eigenvalue weighted by molar-refractivity contribution is 5.34. The Morgan fingerprint density at radius 2 is 2.24 bits per heavy atom. The number of hydrogen-bond donors (Lipinski definition) is 0. The van der Waals surface area contributed by atoms with Crippen molar-refractivity contribution in [2.24, 2.45) is 0 Å². The Kier molecular flexibility index (Phi) is 3.57. The molecule has 92 valence electrons. The fraction of sp³-hybridized carbons (Fsp3) is 0.429. The van der Waals surface area contributed by atoms with Gasteiger partial charge in [-0.15, -0.1) is 6.58 Å². The summed E-state index contributed by atoms with van der Waals surface area (Å²) in [4.78, 5) is 0. The molecule has 0 N–H and O–H groups in total. The summed E-state index contributed by atoms with van der Waals surface area (Å²) in [5, 5.41) is 0. The van der Waals surface area contributed by atoms with Crippen molar-refractivity contribution < 1.29 is 13.5 Å². The van der Waals surface area contributed by atoms with E-state index in [2.05, 4.69) is 6.58 Å². The van der Waals surface area contributed by atoms with Crippen LogP contribution in [0, 0.1) is 11.6 Å². The number of benzene rings is 1. The van der Waals surface area contributed by atoms with Gasteiger partial charge in [0.15, 0.2) is 11.6 Å². The number of halogens is 2. The van der Waals surface area contributed by atoms with E-state index in [1.54, 1.807) is 12.1 Å². The molecular weight excluding hydrogens is 222 g/mol. The van der Waals surface area contributed by atoms with Crippen LogP contribution in [0.25, 0.3) is 0 Å². The van der Waals surface area contributed by atoms with Gasteiger partial charge in [0.05, 0.1) is 6.10 Å². The molecule has 1 heterocycles. The Bertz CT molecular complexity index is 428. The quantitative estimate of drug-likeness (QED) is 0.731. The van der Waals surface area contributed by atoms with Crippen molar-refractivity contribution in [3.05, 3.63) is 47.5 Å². The average molecular weight is 238 g/mol. The first-order valence-corrected chi connectivity index (χ1v) is 5.90. The molecule has 1 aliphatic heterocycles. The van der Waals surface area contributed by atoms with Gasteiger partial charge in [0.1, 0.15) is 0 Å². The Labute approximate surface area is 100 Å². The second kappa shape index (κ2) is 4.96. The third kappa shape index (κ3) is 2.12. The molecule has 1 saturated heterocycles. The first kappa shape index (κ1) is 12.2. The van der Waals surface area contributed by atoms with Crippen molar-refractivity contribution in [1.82, 2.24) is 0 Å². The van der Waals surface area contributed by atoms with Gasteiger partial charge in [0.25, 0.3) is 0 Å². The molecule has 0 bridgehead atoms. The van der Waals surface area contributed by atoms with E-state index in [4.69, 9.17) is 4.74 Å². The third-order valence-electron chi connectivity index (χ3n) is 3.35. The van der Waals surface area contributed by atoms with Crippen molar-refractivity contribution >= 4 is 0 Å². The van der Waals surface area contributed by atoms with E-state index in [0.717, 1.165) is 12.0 Å². The van der Waals surface area contributed by atoms with E-state index < -0.39 is 11.6 Å².